The molecule has 7 nitrogen and oxygen atoms in total. The molecule has 2 rings (SSSR count). The van der Waals surface area contributed by atoms with Gasteiger partial charge in [-0.25, -0.2) is 17.9 Å². The van der Waals surface area contributed by atoms with Crippen LogP contribution in [0.25, 0.3) is 0 Å². The zero-order chi connectivity index (χ0) is 14.0. The number of sulfonamides is 1. The first-order valence-corrected chi connectivity index (χ1v) is 7.38. The fraction of sp³-hybridized carbons (Fsp3) is 0.545. The zero-order valence-corrected chi connectivity index (χ0v) is 11.3. The first-order valence-electron chi connectivity index (χ1n) is 5.89. The molecular formula is C11H16N2O5S. The van der Waals surface area contributed by atoms with E-state index in [1.807, 2.05) is 0 Å². The topological polar surface area (TPSA) is 97.6 Å². The van der Waals surface area contributed by atoms with E-state index in [1.165, 1.54) is 23.9 Å². The Balaban J connectivity index is 2.24. The molecule has 1 aromatic rings. The number of aromatic carboxylic acids is 1. The van der Waals surface area contributed by atoms with Crippen LogP contribution < -0.4 is 4.72 Å². The highest BCUT2D eigenvalue weighted by Gasteiger charge is 2.30. The lowest BCUT2D eigenvalue weighted by atomic mass is 10.4. The molecule has 1 fully saturated rings. The summed E-state index contributed by atoms with van der Waals surface area (Å²) in [6.45, 7) is 0.407. The monoisotopic (exact) mass is 288 g/mol. The van der Waals surface area contributed by atoms with Crippen LogP contribution in [-0.2, 0) is 14.8 Å². The van der Waals surface area contributed by atoms with Crippen molar-refractivity contribution in [1.29, 1.82) is 0 Å². The highest BCUT2D eigenvalue weighted by Crippen LogP contribution is 2.37. The molecule has 0 amide bonds. The minimum absolute atomic E-state index is 0.00890. The first-order chi connectivity index (χ1) is 8.95. The molecule has 1 saturated carbocycles. The van der Waals surface area contributed by atoms with Crippen LogP contribution in [0.2, 0.25) is 0 Å². The molecule has 0 bridgehead atoms. The maximum Gasteiger partial charge on any atom is 0.352 e. The van der Waals surface area contributed by atoms with Crippen molar-refractivity contribution < 1.29 is 23.1 Å². The Labute approximate surface area is 111 Å². The van der Waals surface area contributed by atoms with Crippen LogP contribution in [0.4, 0.5) is 0 Å². The molecule has 2 N–H and O–H groups in total. The molecular weight excluding hydrogens is 272 g/mol. The molecule has 0 aliphatic heterocycles. The number of carboxylic acids is 1. The highest BCUT2D eigenvalue weighted by atomic mass is 32.2. The van der Waals surface area contributed by atoms with Crippen LogP contribution in [0, 0.1) is 0 Å². The van der Waals surface area contributed by atoms with Gasteiger partial charge in [-0.2, -0.15) is 0 Å². The summed E-state index contributed by atoms with van der Waals surface area (Å²) in [6, 6.07) is 1.30. The molecule has 0 unspecified atom stereocenters. The standard InChI is InChI=1S/C11H16N2O5S/c1-18-5-4-12-19(16,17)9-6-10(11(14)15)13(7-9)8-2-3-8/h6-8,12H,2-5H2,1H3,(H,14,15). The number of aromatic nitrogens is 1. The quantitative estimate of drug-likeness (QED) is 0.710. The average Bonchev–Trinajstić information content (AvgIpc) is 3.07. The molecule has 0 aromatic carbocycles. The number of hydrogen-bond donors (Lipinski definition) is 2. The van der Waals surface area contributed by atoms with Crippen molar-refractivity contribution in [1.82, 2.24) is 9.29 Å². The van der Waals surface area contributed by atoms with Crippen molar-refractivity contribution in [2.75, 3.05) is 20.3 Å². The molecule has 1 aromatic heterocycles. The Hall–Kier alpha value is -1.38. The minimum atomic E-state index is -3.69. The maximum absolute atomic E-state index is 12.0. The fourth-order valence-electron chi connectivity index (χ4n) is 1.79. The number of carbonyl (C=O) groups is 1. The van der Waals surface area contributed by atoms with Crippen LogP contribution >= 0.6 is 0 Å². The van der Waals surface area contributed by atoms with Gasteiger partial charge in [0.2, 0.25) is 10.0 Å². The second-order valence-corrected chi connectivity index (χ2v) is 6.16. The van der Waals surface area contributed by atoms with E-state index < -0.39 is 16.0 Å². The summed E-state index contributed by atoms with van der Waals surface area (Å²) in [6.07, 6.45) is 3.15. The van der Waals surface area contributed by atoms with Gasteiger partial charge in [-0.15, -0.1) is 0 Å². The second kappa shape index (κ2) is 5.32. The summed E-state index contributed by atoms with van der Waals surface area (Å²) in [5.41, 5.74) is 0.00890. The van der Waals surface area contributed by atoms with Gasteiger partial charge in [-0.3, -0.25) is 0 Å². The van der Waals surface area contributed by atoms with Crippen molar-refractivity contribution in [2.24, 2.45) is 0 Å². The summed E-state index contributed by atoms with van der Waals surface area (Å²) in [7, 11) is -2.21. The van der Waals surface area contributed by atoms with Gasteiger partial charge in [-0.1, -0.05) is 0 Å². The van der Waals surface area contributed by atoms with Crippen LogP contribution in [-0.4, -0.2) is 44.3 Å². The van der Waals surface area contributed by atoms with E-state index in [0.717, 1.165) is 12.8 Å². The van der Waals surface area contributed by atoms with Crippen LogP contribution in [0.3, 0.4) is 0 Å². The van der Waals surface area contributed by atoms with Gasteiger partial charge in [0.15, 0.2) is 0 Å². The Morgan fingerprint density at radius 1 is 1.58 bits per heavy atom. The lowest BCUT2D eigenvalue weighted by molar-refractivity contribution is 0.0685. The van der Waals surface area contributed by atoms with Crippen molar-refractivity contribution in [2.45, 2.75) is 23.8 Å². The molecule has 8 heteroatoms. The summed E-state index contributed by atoms with van der Waals surface area (Å²) < 4.78 is 32.6. The number of nitrogens with one attached hydrogen (secondary N) is 1. The predicted molar refractivity (Wildman–Crippen MR) is 66.7 cm³/mol. The molecule has 0 radical (unpaired) electrons. The summed E-state index contributed by atoms with van der Waals surface area (Å²) in [5, 5.41) is 9.08. The van der Waals surface area contributed by atoms with Gasteiger partial charge in [0.05, 0.1) is 6.61 Å². The second-order valence-electron chi connectivity index (χ2n) is 4.40. The van der Waals surface area contributed by atoms with Crippen LogP contribution in [0.5, 0.6) is 0 Å². The third kappa shape index (κ3) is 3.14. The van der Waals surface area contributed by atoms with Gasteiger partial charge >= 0.3 is 5.97 Å². The summed E-state index contributed by atoms with van der Waals surface area (Å²) in [5.74, 6) is -1.12. The van der Waals surface area contributed by atoms with Crippen molar-refractivity contribution in [3.8, 4) is 0 Å². The molecule has 0 saturated heterocycles. The number of hydrogen-bond acceptors (Lipinski definition) is 4. The minimum Gasteiger partial charge on any atom is -0.477 e. The van der Waals surface area contributed by atoms with E-state index in [9.17, 15) is 13.2 Å². The number of carboxylic acid groups (broad SMARTS) is 1. The van der Waals surface area contributed by atoms with Gasteiger partial charge in [-0.05, 0) is 18.9 Å². The Morgan fingerprint density at radius 3 is 2.79 bits per heavy atom. The lowest BCUT2D eigenvalue weighted by Gasteiger charge is -2.04. The Kier molecular flexibility index (Phi) is 3.93. The fourth-order valence-corrected chi connectivity index (χ4v) is 2.83. The molecule has 0 atom stereocenters. The molecule has 106 valence electrons. The third-order valence-corrected chi connectivity index (χ3v) is 4.32. The number of rotatable bonds is 7. The SMILES string of the molecule is COCCNS(=O)(=O)c1cc(C(=O)O)n(C2CC2)c1. The van der Waals surface area contributed by atoms with Gasteiger partial charge in [0.25, 0.3) is 0 Å². The molecule has 1 aliphatic carbocycles. The Morgan fingerprint density at radius 2 is 2.26 bits per heavy atom. The van der Waals surface area contributed by atoms with Gasteiger partial charge in [0, 0.05) is 25.9 Å². The summed E-state index contributed by atoms with van der Waals surface area (Å²) >= 11 is 0. The summed E-state index contributed by atoms with van der Waals surface area (Å²) in [4.78, 5) is 11.1. The normalized spacial score (nSPS) is 15.6. The highest BCUT2D eigenvalue weighted by molar-refractivity contribution is 7.89. The van der Waals surface area contributed by atoms with E-state index in [2.05, 4.69) is 4.72 Å². The van der Waals surface area contributed by atoms with E-state index >= 15 is 0 Å². The number of ether oxygens (including phenoxy) is 1. The number of nitrogens with zero attached hydrogens (tertiary/aromatic N) is 1. The average molecular weight is 288 g/mol. The largest absolute Gasteiger partial charge is 0.477 e. The zero-order valence-electron chi connectivity index (χ0n) is 10.5. The molecule has 0 spiro atoms. The van der Waals surface area contributed by atoms with Crippen LogP contribution in [0.1, 0.15) is 29.4 Å². The van der Waals surface area contributed by atoms with E-state index in [4.69, 9.17) is 9.84 Å². The lowest BCUT2D eigenvalue weighted by Crippen LogP contribution is -2.26. The van der Waals surface area contributed by atoms with Crippen LogP contribution in [0.15, 0.2) is 17.2 Å². The Bertz CT molecular complexity index is 574. The van der Waals surface area contributed by atoms with Gasteiger partial charge in [0.1, 0.15) is 10.6 Å². The number of methoxy groups -OCH3 is 1. The van der Waals surface area contributed by atoms with E-state index in [0.29, 0.717) is 0 Å². The van der Waals surface area contributed by atoms with Gasteiger partial charge < -0.3 is 14.4 Å². The van der Waals surface area contributed by atoms with Crippen molar-refractivity contribution in [3.05, 3.63) is 18.0 Å². The maximum atomic E-state index is 12.0. The van der Waals surface area contributed by atoms with E-state index in [-0.39, 0.29) is 29.8 Å². The third-order valence-electron chi connectivity index (χ3n) is 2.89. The molecule has 19 heavy (non-hydrogen) atoms. The van der Waals surface area contributed by atoms with Crippen molar-refractivity contribution in [3.63, 3.8) is 0 Å². The molecule has 1 heterocycles. The first kappa shape index (κ1) is 14.0. The molecule has 1 aliphatic rings. The van der Waals surface area contributed by atoms with E-state index in [1.54, 1.807) is 0 Å². The van der Waals surface area contributed by atoms with Crippen molar-refractivity contribution >= 4 is 16.0 Å². The smallest absolute Gasteiger partial charge is 0.352 e. The predicted octanol–water partition coefficient (Wildman–Crippen LogP) is 0.446.